The van der Waals surface area contributed by atoms with Crippen molar-refractivity contribution in [3.05, 3.63) is 23.5 Å². The fourth-order valence-corrected chi connectivity index (χ4v) is 1.88. The van der Waals surface area contributed by atoms with Crippen LogP contribution in [0.3, 0.4) is 0 Å². The molecule has 0 atom stereocenters. The third kappa shape index (κ3) is 2.12. The molecule has 1 aromatic heterocycles. The van der Waals surface area contributed by atoms with E-state index in [9.17, 15) is 0 Å². The van der Waals surface area contributed by atoms with Gasteiger partial charge in [0.25, 0.3) is 0 Å². The van der Waals surface area contributed by atoms with Crippen LogP contribution < -0.4 is 5.32 Å². The lowest BCUT2D eigenvalue weighted by Crippen LogP contribution is -2.16. The fraction of sp³-hybridized carbons (Fsp3) is 0.500. The summed E-state index contributed by atoms with van der Waals surface area (Å²) in [5.74, 6) is 0.725. The van der Waals surface area contributed by atoms with Crippen molar-refractivity contribution in [2.45, 2.75) is 12.8 Å². The summed E-state index contributed by atoms with van der Waals surface area (Å²) in [6.07, 6.45) is 5.80. The van der Waals surface area contributed by atoms with Gasteiger partial charge in [-0.3, -0.25) is 4.98 Å². The number of nitrogens with one attached hydrogen (secondary N) is 1. The zero-order valence-electron chi connectivity index (χ0n) is 7.76. The maximum absolute atomic E-state index is 5.96. The van der Waals surface area contributed by atoms with Gasteiger partial charge in [0.05, 0.1) is 10.7 Å². The van der Waals surface area contributed by atoms with E-state index >= 15 is 0 Å². The molecule has 4 heteroatoms. The molecule has 0 radical (unpaired) electrons. The molecule has 1 aliphatic carbocycles. The van der Waals surface area contributed by atoms with Crippen molar-refractivity contribution in [3.63, 3.8) is 0 Å². The molecular weight excluding hydrogens is 219 g/mol. The molecule has 1 aromatic rings. The van der Waals surface area contributed by atoms with E-state index < -0.39 is 0 Å². The highest BCUT2D eigenvalue weighted by Gasteiger charge is 2.41. The first-order valence-electron chi connectivity index (χ1n) is 4.65. The number of anilines is 1. The van der Waals surface area contributed by atoms with Crippen molar-refractivity contribution in [1.82, 2.24) is 4.98 Å². The van der Waals surface area contributed by atoms with Crippen LogP contribution in [0.5, 0.6) is 0 Å². The maximum atomic E-state index is 5.96. The second-order valence-corrected chi connectivity index (χ2v) is 4.52. The molecule has 1 aliphatic rings. The van der Waals surface area contributed by atoms with Crippen molar-refractivity contribution >= 4 is 28.9 Å². The number of pyridine rings is 1. The fourth-order valence-electron chi connectivity index (χ4n) is 1.34. The van der Waals surface area contributed by atoms with Crippen molar-refractivity contribution in [2.75, 3.05) is 17.7 Å². The van der Waals surface area contributed by atoms with E-state index in [4.69, 9.17) is 23.2 Å². The first-order valence-corrected chi connectivity index (χ1v) is 5.56. The summed E-state index contributed by atoms with van der Waals surface area (Å²) in [7, 11) is 0. The van der Waals surface area contributed by atoms with Crippen LogP contribution in [0.1, 0.15) is 12.8 Å². The molecule has 0 spiro atoms. The van der Waals surface area contributed by atoms with Gasteiger partial charge in [-0.2, -0.15) is 0 Å². The highest BCUT2D eigenvalue weighted by Crippen LogP contribution is 2.46. The van der Waals surface area contributed by atoms with Crippen LogP contribution in [0.25, 0.3) is 0 Å². The monoisotopic (exact) mass is 230 g/mol. The SMILES string of the molecule is ClCC1(CNc2ccncc2Cl)CC1. The zero-order valence-corrected chi connectivity index (χ0v) is 9.28. The predicted octanol–water partition coefficient (Wildman–Crippen LogP) is 3.17. The third-order valence-corrected chi connectivity index (χ3v) is 3.54. The van der Waals surface area contributed by atoms with Crippen molar-refractivity contribution in [2.24, 2.45) is 5.41 Å². The van der Waals surface area contributed by atoms with Gasteiger partial charge in [-0.25, -0.2) is 0 Å². The van der Waals surface area contributed by atoms with Crippen LogP contribution in [0.2, 0.25) is 5.02 Å². The highest BCUT2D eigenvalue weighted by molar-refractivity contribution is 6.33. The standard InChI is InChI=1S/C10H12Cl2N2/c11-6-10(2-3-10)7-14-9-1-4-13-5-8(9)12/h1,4-5H,2-3,6-7H2,(H,13,14). The Morgan fingerprint density at radius 1 is 1.50 bits per heavy atom. The molecule has 0 aromatic carbocycles. The summed E-state index contributed by atoms with van der Waals surface area (Å²) in [6, 6.07) is 1.88. The first kappa shape index (κ1) is 10.1. The Kier molecular flexibility index (Phi) is 2.84. The molecule has 1 fully saturated rings. The Bertz CT molecular complexity index is 324. The number of aromatic nitrogens is 1. The molecule has 2 nitrogen and oxygen atoms in total. The Hall–Kier alpha value is -0.470. The van der Waals surface area contributed by atoms with Gasteiger partial charge in [-0.1, -0.05) is 11.6 Å². The summed E-state index contributed by atoms with van der Waals surface area (Å²) in [5.41, 5.74) is 1.26. The van der Waals surface area contributed by atoms with E-state index in [-0.39, 0.29) is 0 Å². The summed E-state index contributed by atoms with van der Waals surface area (Å²) >= 11 is 11.8. The largest absolute Gasteiger partial charge is 0.383 e. The molecule has 0 unspecified atom stereocenters. The molecule has 0 amide bonds. The van der Waals surface area contributed by atoms with E-state index in [1.807, 2.05) is 6.07 Å². The van der Waals surface area contributed by atoms with Gasteiger partial charge < -0.3 is 5.32 Å². The second kappa shape index (κ2) is 3.95. The van der Waals surface area contributed by atoms with Crippen LogP contribution in [0, 0.1) is 5.41 Å². The van der Waals surface area contributed by atoms with E-state index in [1.165, 1.54) is 12.8 Å². The minimum absolute atomic E-state index is 0.314. The molecule has 0 saturated heterocycles. The molecule has 1 heterocycles. The Labute approximate surface area is 93.6 Å². The van der Waals surface area contributed by atoms with Crippen LogP contribution in [-0.2, 0) is 0 Å². The summed E-state index contributed by atoms with van der Waals surface area (Å²) in [5, 5.41) is 3.97. The van der Waals surface area contributed by atoms with Crippen molar-refractivity contribution in [3.8, 4) is 0 Å². The lowest BCUT2D eigenvalue weighted by atomic mass is 10.1. The van der Waals surface area contributed by atoms with Crippen LogP contribution in [0.4, 0.5) is 5.69 Å². The zero-order chi connectivity index (χ0) is 10.0. The van der Waals surface area contributed by atoms with Gasteiger partial charge in [0, 0.05) is 30.2 Å². The van der Waals surface area contributed by atoms with Crippen molar-refractivity contribution < 1.29 is 0 Å². The molecule has 1 saturated carbocycles. The minimum atomic E-state index is 0.314. The third-order valence-electron chi connectivity index (χ3n) is 2.67. The van der Waals surface area contributed by atoms with Crippen molar-refractivity contribution in [1.29, 1.82) is 0 Å². The van der Waals surface area contributed by atoms with Crippen LogP contribution in [0.15, 0.2) is 18.5 Å². The minimum Gasteiger partial charge on any atom is -0.383 e. The summed E-state index contributed by atoms with van der Waals surface area (Å²) in [6.45, 7) is 0.903. The number of halogens is 2. The molecule has 1 N–H and O–H groups in total. The molecule has 0 aliphatic heterocycles. The average molecular weight is 231 g/mol. The predicted molar refractivity (Wildman–Crippen MR) is 60.1 cm³/mol. The van der Waals surface area contributed by atoms with Gasteiger partial charge >= 0.3 is 0 Å². The second-order valence-electron chi connectivity index (χ2n) is 3.84. The number of nitrogens with zero attached hydrogens (tertiary/aromatic N) is 1. The van der Waals surface area contributed by atoms with Gasteiger partial charge in [0.2, 0.25) is 0 Å². The first-order chi connectivity index (χ1) is 6.76. The smallest absolute Gasteiger partial charge is 0.0820 e. The summed E-state index contributed by atoms with van der Waals surface area (Å²) < 4.78 is 0. The number of hydrogen-bond donors (Lipinski definition) is 1. The van der Waals surface area contributed by atoms with E-state index in [2.05, 4.69) is 10.3 Å². The van der Waals surface area contributed by atoms with Gasteiger partial charge in [0.15, 0.2) is 0 Å². The summed E-state index contributed by atoms with van der Waals surface area (Å²) in [4.78, 5) is 3.93. The molecular formula is C10H12Cl2N2. The molecule has 2 rings (SSSR count). The van der Waals surface area contributed by atoms with E-state index in [1.54, 1.807) is 12.4 Å². The van der Waals surface area contributed by atoms with Gasteiger partial charge in [0.1, 0.15) is 0 Å². The molecule has 76 valence electrons. The topological polar surface area (TPSA) is 24.9 Å². The maximum Gasteiger partial charge on any atom is 0.0820 e. The average Bonchev–Trinajstić information content (AvgIpc) is 2.98. The van der Waals surface area contributed by atoms with Gasteiger partial charge in [-0.05, 0) is 18.9 Å². The van der Waals surface area contributed by atoms with Crippen LogP contribution >= 0.6 is 23.2 Å². The lowest BCUT2D eigenvalue weighted by molar-refractivity contribution is 0.619. The normalized spacial score (nSPS) is 17.9. The number of rotatable bonds is 4. The molecule has 14 heavy (non-hydrogen) atoms. The molecule has 0 bridgehead atoms. The number of hydrogen-bond acceptors (Lipinski definition) is 2. The van der Waals surface area contributed by atoms with Crippen LogP contribution in [-0.4, -0.2) is 17.4 Å². The lowest BCUT2D eigenvalue weighted by Gasteiger charge is -2.13. The van der Waals surface area contributed by atoms with Gasteiger partial charge in [-0.15, -0.1) is 11.6 Å². The quantitative estimate of drug-likeness (QED) is 0.805. The highest BCUT2D eigenvalue weighted by atomic mass is 35.5. The van der Waals surface area contributed by atoms with E-state index in [0.29, 0.717) is 10.4 Å². The Balaban J connectivity index is 1.95. The van der Waals surface area contributed by atoms with E-state index in [0.717, 1.165) is 18.1 Å². The Morgan fingerprint density at radius 2 is 2.29 bits per heavy atom. The number of alkyl halides is 1. The Morgan fingerprint density at radius 3 is 2.86 bits per heavy atom.